The molecule has 0 bridgehead atoms. The first-order valence-corrected chi connectivity index (χ1v) is 11.7. The van der Waals surface area contributed by atoms with Crippen LogP contribution in [0, 0.1) is 0 Å². The molecular weight excluding hydrogens is 406 g/mol. The van der Waals surface area contributed by atoms with Crippen LogP contribution in [0.25, 0.3) is 0 Å². The van der Waals surface area contributed by atoms with E-state index in [1.807, 2.05) is 37.3 Å². The lowest BCUT2D eigenvalue weighted by Gasteiger charge is -2.33. The number of carbonyl (C=O) groups excluding carboxylic acids is 3. The summed E-state index contributed by atoms with van der Waals surface area (Å²) in [6.45, 7) is 12.0. The van der Waals surface area contributed by atoms with Gasteiger partial charge >= 0.3 is 6.09 Å². The first-order valence-electron chi connectivity index (χ1n) is 11.7. The lowest BCUT2D eigenvalue weighted by atomic mass is 10.0. The number of carbonyl (C=O) groups is 3. The number of alkyl carbamates (subject to hydrolysis) is 1. The first kappa shape index (κ1) is 27.5. The van der Waals surface area contributed by atoms with Crippen LogP contribution < -0.4 is 10.6 Å². The Balaban J connectivity index is 3.12. The van der Waals surface area contributed by atoms with Crippen molar-refractivity contribution in [3.05, 3.63) is 35.9 Å². The van der Waals surface area contributed by atoms with Gasteiger partial charge in [0, 0.05) is 13.1 Å². The lowest BCUT2D eigenvalue weighted by molar-refractivity contribution is -0.142. The third-order valence-corrected chi connectivity index (χ3v) is 4.89. The molecule has 1 rings (SSSR count). The predicted molar refractivity (Wildman–Crippen MR) is 127 cm³/mol. The normalized spacial score (nSPS) is 13.1. The monoisotopic (exact) mass is 447 g/mol. The van der Waals surface area contributed by atoms with Crippen LogP contribution in [0.2, 0.25) is 0 Å². The summed E-state index contributed by atoms with van der Waals surface area (Å²) in [7, 11) is 0. The van der Waals surface area contributed by atoms with E-state index in [-0.39, 0.29) is 11.8 Å². The van der Waals surface area contributed by atoms with E-state index in [1.165, 1.54) is 0 Å². The van der Waals surface area contributed by atoms with E-state index in [2.05, 4.69) is 17.6 Å². The predicted octanol–water partition coefficient (Wildman–Crippen LogP) is 4.58. The summed E-state index contributed by atoms with van der Waals surface area (Å²) in [5, 5.41) is 5.61. The zero-order valence-corrected chi connectivity index (χ0v) is 20.6. The Morgan fingerprint density at radius 2 is 1.62 bits per heavy atom. The number of rotatable bonds is 12. The fraction of sp³-hybridized carbons (Fsp3) is 0.640. The molecule has 0 radical (unpaired) electrons. The molecule has 0 aromatic heterocycles. The zero-order chi connectivity index (χ0) is 24.1. The zero-order valence-electron chi connectivity index (χ0n) is 20.6. The molecular formula is C25H41N3O4. The van der Waals surface area contributed by atoms with Crippen LogP contribution >= 0.6 is 0 Å². The number of hydrogen-bond acceptors (Lipinski definition) is 4. The summed E-state index contributed by atoms with van der Waals surface area (Å²) in [6.07, 6.45) is 3.95. The smallest absolute Gasteiger partial charge is 0.408 e. The van der Waals surface area contributed by atoms with E-state index in [1.54, 1.807) is 32.6 Å². The van der Waals surface area contributed by atoms with Crippen molar-refractivity contribution in [2.24, 2.45) is 0 Å². The Hall–Kier alpha value is -2.57. The van der Waals surface area contributed by atoms with Crippen molar-refractivity contribution in [1.82, 2.24) is 15.5 Å². The van der Waals surface area contributed by atoms with Crippen molar-refractivity contribution in [2.45, 2.75) is 91.3 Å². The molecule has 0 spiro atoms. The number of unbranched alkanes of at least 4 members (excludes halogenated alkanes) is 3. The lowest BCUT2D eigenvalue weighted by Crippen LogP contribution is -2.52. The molecule has 2 unspecified atom stereocenters. The SMILES string of the molecule is CCCCCNC(=O)C(c1ccccc1)N(CCCC)C(=O)C(C)NC(=O)OC(C)(C)C. The van der Waals surface area contributed by atoms with Crippen molar-refractivity contribution >= 4 is 17.9 Å². The number of nitrogens with zero attached hydrogens (tertiary/aromatic N) is 1. The molecule has 0 aliphatic rings. The average molecular weight is 448 g/mol. The fourth-order valence-electron chi connectivity index (χ4n) is 3.28. The second-order valence-electron chi connectivity index (χ2n) is 9.06. The highest BCUT2D eigenvalue weighted by atomic mass is 16.6. The molecule has 7 heteroatoms. The molecule has 0 aliphatic carbocycles. The minimum absolute atomic E-state index is 0.207. The van der Waals surface area contributed by atoms with E-state index in [4.69, 9.17) is 4.74 Å². The Labute approximate surface area is 193 Å². The molecule has 0 fully saturated rings. The van der Waals surface area contributed by atoms with Gasteiger partial charge in [0.25, 0.3) is 0 Å². The van der Waals surface area contributed by atoms with Gasteiger partial charge in [-0.1, -0.05) is 63.4 Å². The van der Waals surface area contributed by atoms with Crippen LogP contribution in [0.3, 0.4) is 0 Å². The third kappa shape index (κ3) is 9.71. The van der Waals surface area contributed by atoms with Crippen molar-refractivity contribution < 1.29 is 19.1 Å². The van der Waals surface area contributed by atoms with E-state index in [0.29, 0.717) is 13.1 Å². The summed E-state index contributed by atoms with van der Waals surface area (Å²) in [6, 6.07) is 7.71. The minimum Gasteiger partial charge on any atom is -0.444 e. The highest BCUT2D eigenvalue weighted by molar-refractivity contribution is 5.91. The molecule has 0 saturated heterocycles. The molecule has 7 nitrogen and oxygen atoms in total. The van der Waals surface area contributed by atoms with Crippen molar-refractivity contribution in [3.63, 3.8) is 0 Å². The Morgan fingerprint density at radius 3 is 2.19 bits per heavy atom. The van der Waals surface area contributed by atoms with E-state index < -0.39 is 23.8 Å². The molecule has 1 aromatic rings. The van der Waals surface area contributed by atoms with Gasteiger partial charge in [-0.3, -0.25) is 9.59 Å². The molecule has 1 aromatic carbocycles. The number of nitrogens with one attached hydrogen (secondary N) is 2. The molecule has 0 heterocycles. The molecule has 2 atom stereocenters. The summed E-state index contributed by atoms with van der Waals surface area (Å²) < 4.78 is 5.29. The van der Waals surface area contributed by atoms with Crippen LogP contribution in [0.4, 0.5) is 4.79 Å². The van der Waals surface area contributed by atoms with Gasteiger partial charge in [-0.15, -0.1) is 0 Å². The van der Waals surface area contributed by atoms with Gasteiger partial charge in [-0.05, 0) is 46.1 Å². The van der Waals surface area contributed by atoms with Gasteiger partial charge in [0.05, 0.1) is 0 Å². The quantitative estimate of drug-likeness (QED) is 0.459. The number of ether oxygens (including phenoxy) is 1. The molecule has 2 N–H and O–H groups in total. The Bertz CT molecular complexity index is 716. The van der Waals surface area contributed by atoms with Crippen LogP contribution in [0.15, 0.2) is 30.3 Å². The van der Waals surface area contributed by atoms with E-state index in [0.717, 1.165) is 37.7 Å². The second-order valence-corrected chi connectivity index (χ2v) is 9.06. The van der Waals surface area contributed by atoms with Crippen LogP contribution in [-0.2, 0) is 14.3 Å². The van der Waals surface area contributed by atoms with Gasteiger partial charge in [-0.2, -0.15) is 0 Å². The summed E-state index contributed by atoms with van der Waals surface area (Å²) in [5.41, 5.74) is 0.0779. The van der Waals surface area contributed by atoms with Crippen molar-refractivity contribution in [1.29, 1.82) is 0 Å². The summed E-state index contributed by atoms with van der Waals surface area (Å²) in [5.74, 6) is -0.525. The second kappa shape index (κ2) is 13.8. The number of benzene rings is 1. The van der Waals surface area contributed by atoms with Crippen molar-refractivity contribution in [2.75, 3.05) is 13.1 Å². The summed E-state index contributed by atoms with van der Waals surface area (Å²) in [4.78, 5) is 40.4. The van der Waals surface area contributed by atoms with E-state index >= 15 is 0 Å². The third-order valence-electron chi connectivity index (χ3n) is 4.89. The van der Waals surface area contributed by atoms with Crippen molar-refractivity contribution in [3.8, 4) is 0 Å². The fourth-order valence-corrected chi connectivity index (χ4v) is 3.28. The highest BCUT2D eigenvalue weighted by Gasteiger charge is 2.34. The first-order chi connectivity index (χ1) is 15.1. The van der Waals surface area contributed by atoms with E-state index in [9.17, 15) is 14.4 Å². The molecule has 0 aliphatic heterocycles. The minimum atomic E-state index is -0.833. The van der Waals surface area contributed by atoms with Gasteiger partial charge in [0.15, 0.2) is 0 Å². The van der Waals surface area contributed by atoms with Gasteiger partial charge in [0.2, 0.25) is 11.8 Å². The standard InChI is InChI=1S/C25H41N3O4/c1-7-9-14-17-26-22(29)21(20-15-12-11-13-16-20)28(18-10-8-2)23(30)19(3)27-24(31)32-25(4,5)6/h11-13,15-16,19,21H,7-10,14,17-18H2,1-6H3,(H,26,29)(H,27,31). The van der Waals surface area contributed by atoms with Crippen LogP contribution in [0.5, 0.6) is 0 Å². The molecule has 180 valence electrons. The van der Waals surface area contributed by atoms with Gasteiger partial charge < -0.3 is 20.3 Å². The Kier molecular flexibility index (Phi) is 11.8. The summed E-state index contributed by atoms with van der Waals surface area (Å²) >= 11 is 0. The topological polar surface area (TPSA) is 87.7 Å². The van der Waals surface area contributed by atoms with Gasteiger partial charge in [0.1, 0.15) is 17.7 Å². The Morgan fingerprint density at radius 1 is 1.00 bits per heavy atom. The van der Waals surface area contributed by atoms with Crippen LogP contribution in [-0.4, -0.2) is 47.5 Å². The maximum Gasteiger partial charge on any atom is 0.408 e. The molecule has 32 heavy (non-hydrogen) atoms. The molecule has 3 amide bonds. The number of amides is 3. The maximum atomic E-state index is 13.4. The largest absolute Gasteiger partial charge is 0.444 e. The molecule has 0 saturated carbocycles. The number of hydrogen-bond donors (Lipinski definition) is 2. The van der Waals surface area contributed by atoms with Crippen LogP contribution in [0.1, 0.15) is 85.3 Å². The van der Waals surface area contributed by atoms with Gasteiger partial charge in [-0.25, -0.2) is 4.79 Å². The highest BCUT2D eigenvalue weighted by Crippen LogP contribution is 2.23. The average Bonchev–Trinajstić information content (AvgIpc) is 2.72. The maximum absolute atomic E-state index is 13.4.